The van der Waals surface area contributed by atoms with E-state index in [-0.39, 0.29) is 10.8 Å². The molecular formula is C37H36. The van der Waals surface area contributed by atoms with Crippen molar-refractivity contribution in [3.63, 3.8) is 0 Å². The maximum absolute atomic E-state index is 2.51. The monoisotopic (exact) mass is 480 g/mol. The average Bonchev–Trinajstić information content (AvgIpc) is 3.13. The van der Waals surface area contributed by atoms with Crippen LogP contribution in [-0.4, -0.2) is 0 Å². The normalized spacial score (nSPS) is 18.9. The summed E-state index contributed by atoms with van der Waals surface area (Å²) in [6.07, 6.45) is 6.07. The van der Waals surface area contributed by atoms with Crippen molar-refractivity contribution in [3.8, 4) is 0 Å². The van der Waals surface area contributed by atoms with Crippen LogP contribution >= 0.6 is 0 Å². The Hall–Kier alpha value is -3.38. The number of allylic oxidation sites excluding steroid dienone is 4. The minimum Gasteiger partial charge on any atom is -0.0796 e. The summed E-state index contributed by atoms with van der Waals surface area (Å²) in [4.78, 5) is 0. The molecule has 0 heteroatoms. The molecule has 5 aromatic carbocycles. The third-order valence-corrected chi connectivity index (χ3v) is 9.82. The first-order valence-electron chi connectivity index (χ1n) is 13.9. The molecule has 5 aromatic rings. The van der Waals surface area contributed by atoms with Gasteiger partial charge in [-0.3, -0.25) is 0 Å². The van der Waals surface area contributed by atoms with E-state index < -0.39 is 0 Å². The van der Waals surface area contributed by atoms with Gasteiger partial charge in [0.05, 0.1) is 0 Å². The van der Waals surface area contributed by atoms with Gasteiger partial charge in [-0.1, -0.05) is 132 Å². The Kier molecular flexibility index (Phi) is 4.67. The van der Waals surface area contributed by atoms with Gasteiger partial charge >= 0.3 is 0 Å². The Morgan fingerprint density at radius 3 is 2.22 bits per heavy atom. The molecule has 0 saturated heterocycles. The molecule has 1 unspecified atom stereocenters. The van der Waals surface area contributed by atoms with Crippen molar-refractivity contribution in [2.24, 2.45) is 5.92 Å². The summed E-state index contributed by atoms with van der Waals surface area (Å²) in [6.45, 7) is 14.4. The highest BCUT2D eigenvalue weighted by Crippen LogP contribution is 2.54. The van der Waals surface area contributed by atoms with E-state index >= 15 is 0 Å². The first kappa shape index (κ1) is 22.8. The van der Waals surface area contributed by atoms with Crippen LogP contribution in [0.15, 0.2) is 90.5 Å². The lowest BCUT2D eigenvalue weighted by molar-refractivity contribution is 0.367. The zero-order valence-corrected chi connectivity index (χ0v) is 22.9. The number of rotatable bonds is 3. The van der Waals surface area contributed by atoms with Gasteiger partial charge in [-0.05, 0) is 83.8 Å². The van der Waals surface area contributed by atoms with Gasteiger partial charge in [0, 0.05) is 5.41 Å². The molecule has 0 nitrogen and oxygen atoms in total. The molecule has 0 spiro atoms. The van der Waals surface area contributed by atoms with Gasteiger partial charge in [-0.2, -0.15) is 0 Å². The van der Waals surface area contributed by atoms with Crippen LogP contribution in [0.3, 0.4) is 0 Å². The van der Waals surface area contributed by atoms with Crippen LogP contribution in [0, 0.1) is 5.92 Å². The molecule has 0 amide bonds. The topological polar surface area (TPSA) is 0 Å². The standard InChI is InChI=1S/C37H36/c1-22(2)26-13-16-28-29-18-15-27(21-33(29)37(5,6)32(28)20-26)36(3,4)31-19-14-25-11-10-23-8-7-9-24-12-17-30(31)35(25)34(23)24/h7-20,22,27H,21H2,1-6H3. The van der Waals surface area contributed by atoms with Crippen LogP contribution in [0.5, 0.6) is 0 Å². The van der Waals surface area contributed by atoms with E-state index in [0.717, 1.165) is 6.42 Å². The molecule has 0 N–H and O–H groups in total. The van der Waals surface area contributed by atoms with E-state index in [2.05, 4.69) is 126 Å². The zero-order chi connectivity index (χ0) is 25.7. The smallest absolute Gasteiger partial charge is 0.0121 e. The molecule has 37 heavy (non-hydrogen) atoms. The van der Waals surface area contributed by atoms with Gasteiger partial charge in [-0.25, -0.2) is 0 Å². The van der Waals surface area contributed by atoms with Crippen LogP contribution in [-0.2, 0) is 10.8 Å². The summed E-state index contributed by atoms with van der Waals surface area (Å²) >= 11 is 0. The summed E-state index contributed by atoms with van der Waals surface area (Å²) in [6, 6.07) is 27.9. The summed E-state index contributed by atoms with van der Waals surface area (Å²) in [7, 11) is 0. The van der Waals surface area contributed by atoms with Crippen molar-refractivity contribution < 1.29 is 0 Å². The fourth-order valence-electron chi connectivity index (χ4n) is 7.38. The van der Waals surface area contributed by atoms with Crippen molar-refractivity contribution in [2.45, 2.75) is 64.7 Å². The SMILES string of the molecule is CC(C)c1ccc2c(c1)C(C)(C)C1=C2C=CC(C(C)(C)c2ccc3ccc4cccc5ccc2c3c45)C1. The second kappa shape index (κ2) is 7.57. The van der Waals surface area contributed by atoms with Crippen LogP contribution in [0.2, 0.25) is 0 Å². The maximum Gasteiger partial charge on any atom is 0.0121 e. The third kappa shape index (κ3) is 3.08. The number of hydrogen-bond donors (Lipinski definition) is 0. The lowest BCUT2D eigenvalue weighted by Gasteiger charge is -2.39. The molecule has 184 valence electrons. The summed E-state index contributed by atoms with van der Waals surface area (Å²) in [5.74, 6) is 0.998. The van der Waals surface area contributed by atoms with E-state index in [1.54, 1.807) is 5.57 Å². The Bertz CT molecular complexity index is 1750. The van der Waals surface area contributed by atoms with Gasteiger partial charge in [0.15, 0.2) is 0 Å². The van der Waals surface area contributed by atoms with Crippen molar-refractivity contribution in [1.82, 2.24) is 0 Å². The summed E-state index contributed by atoms with van der Waals surface area (Å²) < 4.78 is 0. The fraction of sp³-hybridized carbons (Fsp3) is 0.297. The molecule has 0 fully saturated rings. The Labute approximate surface area is 221 Å². The molecular weight excluding hydrogens is 444 g/mol. The molecule has 0 aromatic heterocycles. The summed E-state index contributed by atoms with van der Waals surface area (Å²) in [5.41, 5.74) is 9.02. The predicted octanol–water partition coefficient (Wildman–Crippen LogP) is 10.3. The molecule has 2 aliphatic carbocycles. The quantitative estimate of drug-likeness (QED) is 0.225. The van der Waals surface area contributed by atoms with E-state index in [4.69, 9.17) is 0 Å². The first-order valence-corrected chi connectivity index (χ1v) is 13.9. The zero-order valence-electron chi connectivity index (χ0n) is 22.9. The number of benzene rings is 5. The van der Waals surface area contributed by atoms with Crippen LogP contribution < -0.4 is 0 Å². The van der Waals surface area contributed by atoms with E-state index in [0.29, 0.717) is 11.8 Å². The minimum atomic E-state index is 0.00525. The highest BCUT2D eigenvalue weighted by Gasteiger charge is 2.42. The lowest BCUT2D eigenvalue weighted by atomic mass is 9.65. The van der Waals surface area contributed by atoms with E-state index in [1.807, 2.05) is 0 Å². The first-order chi connectivity index (χ1) is 17.7. The molecule has 0 radical (unpaired) electrons. The van der Waals surface area contributed by atoms with Crippen molar-refractivity contribution >= 4 is 37.9 Å². The third-order valence-electron chi connectivity index (χ3n) is 9.82. The molecule has 0 aliphatic heterocycles. The van der Waals surface area contributed by atoms with Gasteiger partial charge in [0.1, 0.15) is 0 Å². The van der Waals surface area contributed by atoms with Crippen LogP contribution in [0.4, 0.5) is 0 Å². The summed E-state index contributed by atoms with van der Waals surface area (Å²) in [5, 5.41) is 8.27. The van der Waals surface area contributed by atoms with Crippen molar-refractivity contribution in [1.29, 1.82) is 0 Å². The largest absolute Gasteiger partial charge is 0.0796 e. The highest BCUT2D eigenvalue weighted by molar-refractivity contribution is 6.23. The van der Waals surface area contributed by atoms with E-state index in [9.17, 15) is 0 Å². The van der Waals surface area contributed by atoms with Crippen molar-refractivity contribution in [2.75, 3.05) is 0 Å². The predicted molar refractivity (Wildman–Crippen MR) is 161 cm³/mol. The molecule has 0 saturated carbocycles. The highest BCUT2D eigenvalue weighted by atomic mass is 14.5. The van der Waals surface area contributed by atoms with Gasteiger partial charge in [0.2, 0.25) is 0 Å². The Morgan fingerprint density at radius 1 is 0.811 bits per heavy atom. The number of hydrogen-bond acceptors (Lipinski definition) is 0. The van der Waals surface area contributed by atoms with E-state index in [1.165, 1.54) is 60.1 Å². The molecule has 2 aliphatic rings. The molecule has 0 bridgehead atoms. The fourth-order valence-corrected chi connectivity index (χ4v) is 7.38. The van der Waals surface area contributed by atoms with Crippen LogP contribution in [0.25, 0.3) is 37.9 Å². The Balaban J connectivity index is 1.33. The maximum atomic E-state index is 2.51. The van der Waals surface area contributed by atoms with Crippen LogP contribution in [0.1, 0.15) is 76.1 Å². The molecule has 7 rings (SSSR count). The van der Waals surface area contributed by atoms with Gasteiger partial charge in [0.25, 0.3) is 0 Å². The molecule has 1 atom stereocenters. The second-order valence-corrected chi connectivity index (χ2v) is 12.8. The minimum absolute atomic E-state index is 0.00525. The van der Waals surface area contributed by atoms with Crippen molar-refractivity contribution in [3.05, 3.63) is 113 Å². The lowest BCUT2D eigenvalue weighted by Crippen LogP contribution is -2.31. The molecule has 0 heterocycles. The average molecular weight is 481 g/mol. The number of fused-ring (bicyclic) bond motifs is 2. The Morgan fingerprint density at radius 2 is 1.49 bits per heavy atom. The second-order valence-electron chi connectivity index (χ2n) is 12.8. The van der Waals surface area contributed by atoms with Gasteiger partial charge < -0.3 is 0 Å². The van der Waals surface area contributed by atoms with Gasteiger partial charge in [-0.15, -0.1) is 0 Å².